The van der Waals surface area contributed by atoms with Crippen molar-refractivity contribution in [2.45, 2.75) is 33.1 Å². The van der Waals surface area contributed by atoms with Crippen molar-refractivity contribution in [3.8, 4) is 0 Å². The van der Waals surface area contributed by atoms with Crippen LogP contribution in [0.4, 0.5) is 0 Å². The minimum absolute atomic E-state index is 0.183. The fraction of sp³-hybridized carbons (Fsp3) is 0.667. The lowest BCUT2D eigenvalue weighted by Gasteiger charge is -2.29. The molecule has 17 heavy (non-hydrogen) atoms. The average molecular weight is 256 g/mol. The molecule has 0 radical (unpaired) electrons. The summed E-state index contributed by atoms with van der Waals surface area (Å²) in [6.07, 6.45) is 4.08. The molecule has 0 aliphatic carbocycles. The van der Waals surface area contributed by atoms with Gasteiger partial charge in [0.1, 0.15) is 0 Å². The van der Waals surface area contributed by atoms with Crippen LogP contribution < -0.4 is 5.73 Å². The van der Waals surface area contributed by atoms with E-state index < -0.39 is 5.41 Å². The number of esters is 1. The smallest absolute Gasteiger partial charge is 0.313 e. The zero-order chi connectivity index (χ0) is 12.7. The summed E-state index contributed by atoms with van der Waals surface area (Å²) in [5.41, 5.74) is 7.01. The molecular weight excluding hydrogens is 236 g/mol. The first kappa shape index (κ1) is 14.1. The zero-order valence-electron chi connectivity index (χ0n) is 10.4. The molecule has 1 aromatic rings. The van der Waals surface area contributed by atoms with Gasteiger partial charge in [-0.1, -0.05) is 13.3 Å². The molecular formula is C12H20N2O2S. The summed E-state index contributed by atoms with van der Waals surface area (Å²) in [7, 11) is 0. The lowest BCUT2D eigenvalue weighted by molar-refractivity contribution is -0.155. The number of carbonyl (C=O) groups is 1. The number of thiazole rings is 1. The van der Waals surface area contributed by atoms with Crippen LogP contribution in [0.1, 0.15) is 31.6 Å². The number of hydrogen-bond acceptors (Lipinski definition) is 5. The van der Waals surface area contributed by atoms with Crippen molar-refractivity contribution in [2.24, 2.45) is 11.1 Å². The molecule has 4 nitrogen and oxygen atoms in total. The fourth-order valence-corrected chi connectivity index (χ4v) is 2.68. The van der Waals surface area contributed by atoms with E-state index in [2.05, 4.69) is 11.9 Å². The minimum atomic E-state index is -0.586. The van der Waals surface area contributed by atoms with Crippen LogP contribution in [0.3, 0.4) is 0 Å². The monoisotopic (exact) mass is 256 g/mol. The Kier molecular flexibility index (Phi) is 5.58. The maximum absolute atomic E-state index is 12.1. The summed E-state index contributed by atoms with van der Waals surface area (Å²) in [6, 6.07) is 0. The number of nitrogens with two attached hydrogens (primary N) is 1. The van der Waals surface area contributed by atoms with Crippen LogP contribution in [0.5, 0.6) is 0 Å². The van der Waals surface area contributed by atoms with Crippen LogP contribution >= 0.6 is 11.3 Å². The van der Waals surface area contributed by atoms with Crippen LogP contribution in [0.2, 0.25) is 0 Å². The highest BCUT2D eigenvalue weighted by atomic mass is 32.1. The number of aromatic nitrogens is 1. The van der Waals surface area contributed by atoms with E-state index in [1.807, 2.05) is 6.92 Å². The van der Waals surface area contributed by atoms with Crippen molar-refractivity contribution in [1.82, 2.24) is 4.98 Å². The molecule has 0 spiro atoms. The fourth-order valence-electron chi connectivity index (χ4n) is 1.95. The van der Waals surface area contributed by atoms with E-state index in [1.54, 1.807) is 23.0 Å². The molecule has 1 rings (SSSR count). The van der Waals surface area contributed by atoms with Gasteiger partial charge in [-0.05, 0) is 13.3 Å². The SMILES string of the molecule is CCCC(CN)(Cc1cncs1)C(=O)OCC. The highest BCUT2D eigenvalue weighted by Crippen LogP contribution is 2.30. The summed E-state index contributed by atoms with van der Waals surface area (Å²) in [5, 5.41) is 0. The largest absolute Gasteiger partial charge is 0.466 e. The molecule has 1 unspecified atom stereocenters. The number of hydrogen-bond donors (Lipinski definition) is 1. The maximum atomic E-state index is 12.1. The van der Waals surface area contributed by atoms with E-state index in [0.717, 1.165) is 17.7 Å². The Morgan fingerprint density at radius 2 is 2.35 bits per heavy atom. The number of ether oxygens (including phenoxy) is 1. The van der Waals surface area contributed by atoms with Crippen LogP contribution in [0.15, 0.2) is 11.7 Å². The van der Waals surface area contributed by atoms with Crippen LogP contribution in [0.25, 0.3) is 0 Å². The van der Waals surface area contributed by atoms with Crippen molar-refractivity contribution < 1.29 is 9.53 Å². The van der Waals surface area contributed by atoms with Crippen molar-refractivity contribution in [1.29, 1.82) is 0 Å². The second-order valence-electron chi connectivity index (χ2n) is 4.10. The maximum Gasteiger partial charge on any atom is 0.313 e. The molecule has 0 saturated carbocycles. The Hall–Kier alpha value is -0.940. The average Bonchev–Trinajstić information content (AvgIpc) is 2.81. The van der Waals surface area contributed by atoms with Gasteiger partial charge in [-0.25, -0.2) is 0 Å². The Morgan fingerprint density at radius 3 is 2.82 bits per heavy atom. The van der Waals surface area contributed by atoms with Crippen molar-refractivity contribution in [3.05, 3.63) is 16.6 Å². The topological polar surface area (TPSA) is 65.2 Å². The Balaban J connectivity index is 2.87. The first-order valence-corrected chi connectivity index (χ1v) is 6.81. The Morgan fingerprint density at radius 1 is 1.59 bits per heavy atom. The van der Waals surface area contributed by atoms with Gasteiger partial charge in [-0.2, -0.15) is 0 Å². The van der Waals surface area contributed by atoms with Crippen LogP contribution in [-0.2, 0) is 16.0 Å². The van der Waals surface area contributed by atoms with E-state index in [4.69, 9.17) is 10.5 Å². The lowest BCUT2D eigenvalue weighted by atomic mass is 9.80. The third-order valence-corrected chi connectivity index (χ3v) is 3.60. The number of nitrogens with zero attached hydrogens (tertiary/aromatic N) is 1. The first-order chi connectivity index (χ1) is 8.18. The normalized spacial score (nSPS) is 14.3. The lowest BCUT2D eigenvalue weighted by Crippen LogP contribution is -2.41. The van der Waals surface area contributed by atoms with E-state index in [0.29, 0.717) is 19.6 Å². The highest BCUT2D eigenvalue weighted by Gasteiger charge is 2.38. The van der Waals surface area contributed by atoms with Gasteiger partial charge in [0, 0.05) is 24.0 Å². The zero-order valence-corrected chi connectivity index (χ0v) is 11.3. The van der Waals surface area contributed by atoms with Crippen LogP contribution in [0, 0.1) is 5.41 Å². The summed E-state index contributed by atoms with van der Waals surface area (Å²) in [5.74, 6) is -0.183. The molecule has 1 heterocycles. The summed E-state index contributed by atoms with van der Waals surface area (Å²) < 4.78 is 5.16. The van der Waals surface area contributed by atoms with E-state index >= 15 is 0 Å². The van der Waals surface area contributed by atoms with Gasteiger partial charge < -0.3 is 10.5 Å². The Labute approximate surface area is 106 Å². The molecule has 5 heteroatoms. The highest BCUT2D eigenvalue weighted by molar-refractivity contribution is 7.09. The number of carbonyl (C=O) groups excluding carboxylic acids is 1. The second kappa shape index (κ2) is 6.71. The molecule has 1 aromatic heterocycles. The third kappa shape index (κ3) is 3.51. The summed E-state index contributed by atoms with van der Waals surface area (Å²) in [4.78, 5) is 17.2. The van der Waals surface area contributed by atoms with Gasteiger partial charge in [-0.15, -0.1) is 11.3 Å². The molecule has 2 N–H and O–H groups in total. The second-order valence-corrected chi connectivity index (χ2v) is 5.07. The molecule has 0 aliphatic heterocycles. The van der Waals surface area contributed by atoms with E-state index in [9.17, 15) is 4.79 Å². The van der Waals surface area contributed by atoms with Crippen molar-refractivity contribution >= 4 is 17.3 Å². The van der Waals surface area contributed by atoms with Gasteiger partial charge in [0.15, 0.2) is 0 Å². The molecule has 0 aliphatic rings. The predicted octanol–water partition coefficient (Wildman–Crippen LogP) is 1.99. The van der Waals surface area contributed by atoms with Gasteiger partial charge in [-0.3, -0.25) is 9.78 Å². The molecule has 0 amide bonds. The van der Waals surface area contributed by atoms with Gasteiger partial charge >= 0.3 is 5.97 Å². The molecule has 0 bridgehead atoms. The molecule has 0 saturated heterocycles. The summed E-state index contributed by atoms with van der Waals surface area (Å²) >= 11 is 1.55. The van der Waals surface area contributed by atoms with Crippen molar-refractivity contribution in [3.63, 3.8) is 0 Å². The van der Waals surface area contributed by atoms with Gasteiger partial charge in [0.2, 0.25) is 0 Å². The van der Waals surface area contributed by atoms with E-state index in [1.165, 1.54) is 0 Å². The predicted molar refractivity (Wildman–Crippen MR) is 68.8 cm³/mol. The Bertz CT molecular complexity index is 340. The third-order valence-electron chi connectivity index (χ3n) is 2.82. The molecule has 0 fully saturated rings. The van der Waals surface area contributed by atoms with Crippen molar-refractivity contribution in [2.75, 3.05) is 13.2 Å². The molecule has 96 valence electrons. The summed E-state index contributed by atoms with van der Waals surface area (Å²) in [6.45, 7) is 4.58. The molecule has 1 atom stereocenters. The minimum Gasteiger partial charge on any atom is -0.466 e. The number of rotatable bonds is 7. The standard InChI is InChI=1S/C12H20N2O2S/c1-3-5-12(8-13,11(15)16-4-2)6-10-7-14-9-17-10/h7,9H,3-6,8,13H2,1-2H3. The van der Waals surface area contributed by atoms with Gasteiger partial charge in [0.05, 0.1) is 17.5 Å². The quantitative estimate of drug-likeness (QED) is 0.758. The molecule has 0 aromatic carbocycles. The van der Waals surface area contributed by atoms with Crippen LogP contribution in [-0.4, -0.2) is 24.1 Å². The van der Waals surface area contributed by atoms with Gasteiger partial charge in [0.25, 0.3) is 0 Å². The van der Waals surface area contributed by atoms with E-state index in [-0.39, 0.29) is 5.97 Å². The first-order valence-electron chi connectivity index (χ1n) is 5.93.